The van der Waals surface area contributed by atoms with Gasteiger partial charge in [0.25, 0.3) is 5.91 Å². The van der Waals surface area contributed by atoms with Gasteiger partial charge in [0, 0.05) is 26.7 Å². The van der Waals surface area contributed by atoms with Crippen molar-refractivity contribution in [3.8, 4) is 0 Å². The van der Waals surface area contributed by atoms with E-state index in [1.807, 2.05) is 0 Å². The van der Waals surface area contributed by atoms with E-state index in [1.54, 1.807) is 14.0 Å². The molecule has 1 aliphatic rings. The number of hydrogen-bond donors (Lipinski definition) is 1. The maximum Gasteiger partial charge on any atom is 0.265 e. The molecule has 0 aliphatic carbocycles. The van der Waals surface area contributed by atoms with Gasteiger partial charge in [0.1, 0.15) is 4.88 Å². The average Bonchev–Trinajstić information content (AvgIpc) is 2.90. The first kappa shape index (κ1) is 17.3. The van der Waals surface area contributed by atoms with Crippen molar-refractivity contribution in [3.05, 3.63) is 10.6 Å². The molecule has 0 atom stereocenters. The van der Waals surface area contributed by atoms with Crippen molar-refractivity contribution in [3.63, 3.8) is 0 Å². The number of piperidine rings is 1. The molecule has 0 aromatic carbocycles. The van der Waals surface area contributed by atoms with E-state index < -0.39 is 15.6 Å². The third-order valence-electron chi connectivity index (χ3n) is 3.96. The first-order valence-electron chi connectivity index (χ1n) is 6.85. The van der Waals surface area contributed by atoms with E-state index in [1.165, 1.54) is 10.6 Å². The Morgan fingerprint density at radius 2 is 2.09 bits per heavy atom. The summed E-state index contributed by atoms with van der Waals surface area (Å²) in [4.78, 5) is 12.6. The lowest BCUT2D eigenvalue weighted by molar-refractivity contribution is -0.0424. The van der Waals surface area contributed by atoms with Gasteiger partial charge >= 0.3 is 0 Å². The molecule has 0 spiro atoms. The molecule has 124 valence electrons. The normalized spacial score (nSPS) is 19.0. The number of rotatable bonds is 5. The second kappa shape index (κ2) is 6.57. The average molecular weight is 348 g/mol. The van der Waals surface area contributed by atoms with Crippen LogP contribution in [0.15, 0.2) is 0 Å². The molecule has 0 radical (unpaired) electrons. The number of ether oxygens (including phenoxy) is 1. The van der Waals surface area contributed by atoms with Crippen LogP contribution in [0.25, 0.3) is 0 Å². The number of nitrogens with one attached hydrogen (secondary N) is 1. The standard InChI is InChI=1S/C12H20N4O4S2/c1-9-10(21-15-14-9)11(17)13-8-12(20-2)4-6-16(7-5-12)22(3,18)19/h4-8H2,1-3H3,(H,13,17). The Balaban J connectivity index is 1.96. The molecule has 1 aromatic rings. The second-order valence-electron chi connectivity index (χ2n) is 5.42. The Hall–Kier alpha value is -1.10. The third kappa shape index (κ3) is 3.80. The number of aromatic nitrogens is 2. The lowest BCUT2D eigenvalue weighted by atomic mass is 9.92. The number of nitrogens with zero attached hydrogens (tertiary/aromatic N) is 3. The lowest BCUT2D eigenvalue weighted by Crippen LogP contribution is -2.52. The molecule has 1 aliphatic heterocycles. The number of sulfonamides is 1. The van der Waals surface area contributed by atoms with Crippen molar-refractivity contribution in [2.75, 3.05) is 33.0 Å². The summed E-state index contributed by atoms with van der Waals surface area (Å²) in [5, 5.41) is 6.65. The quantitative estimate of drug-likeness (QED) is 0.805. The molecule has 1 amide bonds. The van der Waals surface area contributed by atoms with Crippen molar-refractivity contribution >= 4 is 27.5 Å². The van der Waals surface area contributed by atoms with Crippen LogP contribution >= 0.6 is 11.5 Å². The zero-order valence-electron chi connectivity index (χ0n) is 12.8. The largest absolute Gasteiger partial charge is 0.376 e. The first-order valence-corrected chi connectivity index (χ1v) is 9.47. The number of methoxy groups -OCH3 is 1. The summed E-state index contributed by atoms with van der Waals surface area (Å²) in [6.45, 7) is 2.85. The molecule has 1 fully saturated rings. The molecule has 1 saturated heterocycles. The number of hydrogen-bond acceptors (Lipinski definition) is 7. The highest BCUT2D eigenvalue weighted by atomic mass is 32.2. The fourth-order valence-electron chi connectivity index (χ4n) is 2.44. The molecule has 10 heteroatoms. The fraction of sp³-hybridized carbons (Fsp3) is 0.750. The predicted molar refractivity (Wildman–Crippen MR) is 82.4 cm³/mol. The van der Waals surface area contributed by atoms with E-state index in [-0.39, 0.29) is 5.91 Å². The van der Waals surface area contributed by atoms with Gasteiger partial charge in [-0.2, -0.15) is 0 Å². The molecular formula is C12H20N4O4S2. The second-order valence-corrected chi connectivity index (χ2v) is 8.16. The monoisotopic (exact) mass is 348 g/mol. The Morgan fingerprint density at radius 1 is 1.45 bits per heavy atom. The van der Waals surface area contributed by atoms with E-state index in [0.717, 1.165) is 11.5 Å². The van der Waals surface area contributed by atoms with Gasteiger partial charge in [0.2, 0.25) is 10.0 Å². The van der Waals surface area contributed by atoms with Crippen LogP contribution in [0, 0.1) is 6.92 Å². The number of carbonyl (C=O) groups excluding carboxylic acids is 1. The molecule has 2 heterocycles. The summed E-state index contributed by atoms with van der Waals surface area (Å²) in [6.07, 6.45) is 2.28. The maximum atomic E-state index is 12.1. The lowest BCUT2D eigenvalue weighted by Gasteiger charge is -2.39. The van der Waals surface area contributed by atoms with Crippen molar-refractivity contribution in [2.24, 2.45) is 0 Å². The third-order valence-corrected chi connectivity index (χ3v) is 6.09. The SMILES string of the molecule is COC1(CNC(=O)c2snnc2C)CCN(S(C)(=O)=O)CC1. The minimum atomic E-state index is -3.18. The van der Waals surface area contributed by atoms with Crippen LogP contribution in [0.3, 0.4) is 0 Å². The van der Waals surface area contributed by atoms with Gasteiger partial charge in [-0.1, -0.05) is 4.49 Å². The van der Waals surface area contributed by atoms with Crippen molar-refractivity contribution < 1.29 is 17.9 Å². The van der Waals surface area contributed by atoms with Crippen LogP contribution in [-0.2, 0) is 14.8 Å². The topological polar surface area (TPSA) is 101 Å². The number of amides is 1. The zero-order chi connectivity index (χ0) is 16.4. The number of aryl methyl sites for hydroxylation is 1. The summed E-state index contributed by atoms with van der Waals surface area (Å²) in [5.41, 5.74) is 0.0592. The minimum absolute atomic E-state index is 0.227. The number of carbonyl (C=O) groups is 1. The first-order chi connectivity index (χ1) is 10.3. The van der Waals surface area contributed by atoms with Crippen LogP contribution in [-0.4, -0.2) is 66.8 Å². The van der Waals surface area contributed by atoms with Crippen molar-refractivity contribution in [1.82, 2.24) is 19.2 Å². The predicted octanol–water partition coefficient (Wildman–Crippen LogP) is 0.0169. The van der Waals surface area contributed by atoms with E-state index >= 15 is 0 Å². The Kier molecular flexibility index (Phi) is 5.15. The highest BCUT2D eigenvalue weighted by molar-refractivity contribution is 7.88. The van der Waals surface area contributed by atoms with E-state index in [9.17, 15) is 13.2 Å². The summed E-state index contributed by atoms with van der Waals surface area (Å²) in [7, 11) is -1.60. The molecule has 22 heavy (non-hydrogen) atoms. The van der Waals surface area contributed by atoms with Crippen LogP contribution < -0.4 is 5.32 Å². The molecule has 8 nitrogen and oxygen atoms in total. The molecule has 0 bridgehead atoms. The van der Waals surface area contributed by atoms with E-state index in [0.29, 0.717) is 43.0 Å². The van der Waals surface area contributed by atoms with Gasteiger partial charge < -0.3 is 10.1 Å². The van der Waals surface area contributed by atoms with Gasteiger partial charge in [-0.05, 0) is 31.3 Å². The van der Waals surface area contributed by atoms with Gasteiger partial charge in [-0.3, -0.25) is 4.79 Å². The molecule has 0 unspecified atom stereocenters. The van der Waals surface area contributed by atoms with Crippen molar-refractivity contribution in [2.45, 2.75) is 25.4 Å². The summed E-state index contributed by atoms with van der Waals surface area (Å²) in [6, 6.07) is 0. The highest BCUT2D eigenvalue weighted by Crippen LogP contribution is 2.26. The summed E-state index contributed by atoms with van der Waals surface area (Å²) >= 11 is 1.05. The zero-order valence-corrected chi connectivity index (χ0v) is 14.5. The Bertz CT molecular complexity index is 635. The van der Waals surface area contributed by atoms with Gasteiger partial charge in [0.05, 0.1) is 17.6 Å². The van der Waals surface area contributed by atoms with E-state index in [4.69, 9.17) is 4.74 Å². The smallest absolute Gasteiger partial charge is 0.265 e. The van der Waals surface area contributed by atoms with Crippen molar-refractivity contribution in [1.29, 1.82) is 0 Å². The Morgan fingerprint density at radius 3 is 2.55 bits per heavy atom. The maximum absolute atomic E-state index is 12.1. The van der Waals surface area contributed by atoms with Crippen LogP contribution in [0.5, 0.6) is 0 Å². The Labute approximate surface area is 134 Å². The summed E-state index contributed by atoms with van der Waals surface area (Å²) in [5.74, 6) is -0.227. The molecule has 0 saturated carbocycles. The molecule has 1 aromatic heterocycles. The van der Waals surface area contributed by atoms with Gasteiger partial charge in [-0.15, -0.1) is 5.10 Å². The molecular weight excluding hydrogens is 328 g/mol. The van der Waals surface area contributed by atoms with E-state index in [2.05, 4.69) is 14.9 Å². The van der Waals surface area contributed by atoms with Crippen LogP contribution in [0.1, 0.15) is 28.2 Å². The van der Waals surface area contributed by atoms with Crippen LogP contribution in [0.4, 0.5) is 0 Å². The minimum Gasteiger partial charge on any atom is -0.376 e. The molecule has 1 N–H and O–H groups in total. The fourth-order valence-corrected chi connectivity index (χ4v) is 3.86. The summed E-state index contributed by atoms with van der Waals surface area (Å²) < 4.78 is 33.8. The highest BCUT2D eigenvalue weighted by Gasteiger charge is 2.37. The van der Waals surface area contributed by atoms with Gasteiger partial charge in [-0.25, -0.2) is 12.7 Å². The molecule has 2 rings (SSSR count). The van der Waals surface area contributed by atoms with Gasteiger partial charge in [0.15, 0.2) is 0 Å². The van der Waals surface area contributed by atoms with Crippen LogP contribution in [0.2, 0.25) is 0 Å².